The molecule has 0 radical (unpaired) electrons. The first-order chi connectivity index (χ1) is 11.5. The molecule has 1 fully saturated rings. The zero-order valence-corrected chi connectivity index (χ0v) is 15.2. The molecule has 1 aromatic carbocycles. The van der Waals surface area contributed by atoms with E-state index in [1.807, 2.05) is 25.1 Å². The molecule has 2 heterocycles. The van der Waals surface area contributed by atoms with Crippen LogP contribution in [-0.2, 0) is 20.4 Å². The second-order valence-electron chi connectivity index (χ2n) is 5.92. The maximum absolute atomic E-state index is 12.4. The Labute approximate surface area is 146 Å². The smallest absolute Gasteiger partial charge is 0.232 e. The van der Waals surface area contributed by atoms with E-state index in [0.717, 1.165) is 17.1 Å². The Morgan fingerprint density at radius 2 is 2.12 bits per heavy atom. The van der Waals surface area contributed by atoms with Crippen molar-refractivity contribution in [3.8, 4) is 11.5 Å². The monoisotopic (exact) mass is 371 g/mol. The molecule has 0 unspecified atom stereocenters. The molecule has 132 valence electrons. The molecule has 1 saturated heterocycles. The summed E-state index contributed by atoms with van der Waals surface area (Å²) in [5.41, 5.74) is 1.07. The summed E-state index contributed by atoms with van der Waals surface area (Å²) in [7, 11) is -2.98. The van der Waals surface area contributed by atoms with Crippen molar-refractivity contribution in [2.45, 2.75) is 25.1 Å². The number of ether oxygens (including phenoxy) is 2. The Hall–Kier alpha value is -1.41. The lowest BCUT2D eigenvalue weighted by Gasteiger charge is -2.26. The van der Waals surface area contributed by atoms with E-state index in [2.05, 4.69) is 0 Å². The minimum Gasteiger partial charge on any atom is -0.454 e. The summed E-state index contributed by atoms with van der Waals surface area (Å²) >= 11 is 1.53. The van der Waals surface area contributed by atoms with Gasteiger partial charge in [-0.15, -0.1) is 11.8 Å². The van der Waals surface area contributed by atoms with E-state index in [0.29, 0.717) is 24.5 Å². The molecule has 0 aromatic heterocycles. The Morgan fingerprint density at radius 1 is 1.33 bits per heavy atom. The van der Waals surface area contributed by atoms with Crippen molar-refractivity contribution in [3.63, 3.8) is 0 Å². The highest BCUT2D eigenvalue weighted by Gasteiger charge is 2.33. The van der Waals surface area contributed by atoms with Gasteiger partial charge in [-0.25, -0.2) is 8.42 Å². The van der Waals surface area contributed by atoms with Crippen LogP contribution >= 0.6 is 11.8 Å². The van der Waals surface area contributed by atoms with Crippen LogP contribution in [0.15, 0.2) is 18.2 Å². The zero-order valence-electron chi connectivity index (χ0n) is 13.6. The van der Waals surface area contributed by atoms with Gasteiger partial charge in [0.05, 0.1) is 17.3 Å². The minimum absolute atomic E-state index is 0.00495. The number of thioether (sulfide) groups is 1. The fourth-order valence-electron chi connectivity index (χ4n) is 3.03. The van der Waals surface area contributed by atoms with Crippen molar-refractivity contribution in [1.82, 2.24) is 4.90 Å². The second-order valence-corrected chi connectivity index (χ2v) is 9.13. The molecule has 3 rings (SSSR count). The average Bonchev–Trinajstić information content (AvgIpc) is 3.14. The highest BCUT2D eigenvalue weighted by molar-refractivity contribution is 7.99. The summed E-state index contributed by atoms with van der Waals surface area (Å²) in [6, 6.07) is 5.60. The largest absolute Gasteiger partial charge is 0.454 e. The first-order valence-electron chi connectivity index (χ1n) is 7.94. The third-order valence-electron chi connectivity index (χ3n) is 4.24. The van der Waals surface area contributed by atoms with Gasteiger partial charge < -0.3 is 14.4 Å². The van der Waals surface area contributed by atoms with Crippen molar-refractivity contribution in [2.24, 2.45) is 0 Å². The highest BCUT2D eigenvalue weighted by atomic mass is 32.2. The quantitative estimate of drug-likeness (QED) is 0.758. The zero-order chi connectivity index (χ0) is 17.2. The van der Waals surface area contributed by atoms with E-state index in [1.54, 1.807) is 4.90 Å². The summed E-state index contributed by atoms with van der Waals surface area (Å²) in [4.78, 5) is 14.1. The SMILES string of the molecule is CCN(C(=O)CSCc1ccc2c(c1)OCO2)[C@H]1CCS(=O)(=O)C1. The molecule has 2 aliphatic heterocycles. The number of hydrogen-bond acceptors (Lipinski definition) is 6. The van der Waals surface area contributed by atoms with Crippen LogP contribution in [0.4, 0.5) is 0 Å². The van der Waals surface area contributed by atoms with Gasteiger partial charge >= 0.3 is 0 Å². The van der Waals surface area contributed by atoms with Gasteiger partial charge in [-0.1, -0.05) is 6.07 Å². The highest BCUT2D eigenvalue weighted by Crippen LogP contribution is 2.33. The van der Waals surface area contributed by atoms with Gasteiger partial charge in [0.1, 0.15) is 0 Å². The maximum atomic E-state index is 12.4. The van der Waals surface area contributed by atoms with Crippen LogP contribution < -0.4 is 9.47 Å². The third kappa shape index (κ3) is 3.97. The topological polar surface area (TPSA) is 72.9 Å². The predicted octanol–water partition coefficient (Wildman–Crippen LogP) is 1.68. The molecule has 8 heteroatoms. The van der Waals surface area contributed by atoms with Gasteiger partial charge in [0.15, 0.2) is 21.3 Å². The molecule has 0 spiro atoms. The van der Waals surface area contributed by atoms with Gasteiger partial charge in [0, 0.05) is 18.3 Å². The van der Waals surface area contributed by atoms with E-state index in [4.69, 9.17) is 9.47 Å². The number of fused-ring (bicyclic) bond motifs is 1. The van der Waals surface area contributed by atoms with Gasteiger partial charge in [0.2, 0.25) is 12.7 Å². The van der Waals surface area contributed by atoms with E-state index in [9.17, 15) is 13.2 Å². The van der Waals surface area contributed by atoms with Gasteiger partial charge in [-0.05, 0) is 31.0 Å². The minimum atomic E-state index is -2.98. The van der Waals surface area contributed by atoms with Gasteiger partial charge in [-0.3, -0.25) is 4.79 Å². The normalized spacial score (nSPS) is 21.0. The van der Waals surface area contributed by atoms with Crippen molar-refractivity contribution < 1.29 is 22.7 Å². The molecule has 0 bridgehead atoms. The molecule has 6 nitrogen and oxygen atoms in total. The number of hydrogen-bond donors (Lipinski definition) is 0. The van der Waals surface area contributed by atoms with E-state index >= 15 is 0 Å². The summed E-state index contributed by atoms with van der Waals surface area (Å²) in [6.07, 6.45) is 0.550. The molecule has 1 atom stereocenters. The molecule has 2 aliphatic rings. The summed E-state index contributed by atoms with van der Waals surface area (Å²) in [5, 5.41) is 0. The first kappa shape index (κ1) is 17.4. The van der Waals surface area contributed by atoms with Crippen LogP contribution in [0.25, 0.3) is 0 Å². The third-order valence-corrected chi connectivity index (χ3v) is 6.98. The van der Waals surface area contributed by atoms with Crippen LogP contribution in [-0.4, -0.2) is 55.9 Å². The second kappa shape index (κ2) is 7.23. The first-order valence-corrected chi connectivity index (χ1v) is 10.9. The summed E-state index contributed by atoms with van der Waals surface area (Å²) in [6.45, 7) is 2.69. The van der Waals surface area contributed by atoms with Crippen molar-refractivity contribution in [2.75, 3.05) is 30.6 Å². The molecule has 1 amide bonds. The van der Waals surface area contributed by atoms with E-state index in [-0.39, 0.29) is 30.2 Å². The number of carbonyl (C=O) groups is 1. The number of carbonyl (C=O) groups excluding carboxylic acids is 1. The number of nitrogens with zero attached hydrogens (tertiary/aromatic N) is 1. The van der Waals surface area contributed by atoms with E-state index in [1.165, 1.54) is 11.8 Å². The fraction of sp³-hybridized carbons (Fsp3) is 0.562. The lowest BCUT2D eigenvalue weighted by atomic mass is 10.2. The van der Waals surface area contributed by atoms with E-state index < -0.39 is 9.84 Å². The van der Waals surface area contributed by atoms with Gasteiger partial charge in [-0.2, -0.15) is 0 Å². The molecule has 0 N–H and O–H groups in total. The predicted molar refractivity (Wildman–Crippen MR) is 93.2 cm³/mol. The van der Waals surface area contributed by atoms with Crippen LogP contribution in [0.3, 0.4) is 0 Å². The molecule has 0 aliphatic carbocycles. The Balaban J connectivity index is 1.51. The van der Waals surface area contributed by atoms with Crippen molar-refractivity contribution >= 4 is 27.5 Å². The Morgan fingerprint density at radius 3 is 2.83 bits per heavy atom. The molecule has 24 heavy (non-hydrogen) atoms. The number of benzene rings is 1. The molecule has 1 aromatic rings. The Bertz CT molecular complexity index is 719. The molecular formula is C16H21NO5S2. The number of rotatable bonds is 6. The Kier molecular flexibility index (Phi) is 5.24. The molecule has 0 saturated carbocycles. The summed E-state index contributed by atoms with van der Waals surface area (Å²) in [5.74, 6) is 2.82. The van der Waals surface area contributed by atoms with Crippen LogP contribution in [0.2, 0.25) is 0 Å². The van der Waals surface area contributed by atoms with Crippen LogP contribution in [0, 0.1) is 0 Å². The number of amides is 1. The lowest BCUT2D eigenvalue weighted by molar-refractivity contribution is -0.129. The average molecular weight is 371 g/mol. The van der Waals surface area contributed by atoms with Crippen LogP contribution in [0.5, 0.6) is 11.5 Å². The van der Waals surface area contributed by atoms with Gasteiger partial charge in [0.25, 0.3) is 0 Å². The van der Waals surface area contributed by atoms with Crippen molar-refractivity contribution in [3.05, 3.63) is 23.8 Å². The summed E-state index contributed by atoms with van der Waals surface area (Å²) < 4.78 is 33.8. The molecular weight excluding hydrogens is 350 g/mol. The van der Waals surface area contributed by atoms with Crippen molar-refractivity contribution in [1.29, 1.82) is 0 Å². The lowest BCUT2D eigenvalue weighted by Crippen LogP contribution is -2.41. The number of sulfone groups is 1. The standard InChI is InChI=1S/C16H21NO5S2/c1-2-17(13-5-6-24(19,20)10-13)16(18)9-23-8-12-3-4-14-15(7-12)22-11-21-14/h3-4,7,13H,2,5-6,8-11H2,1H3/t13-/m0/s1. The maximum Gasteiger partial charge on any atom is 0.232 e. The van der Waals surface area contributed by atoms with Crippen LogP contribution in [0.1, 0.15) is 18.9 Å². The fourth-order valence-corrected chi connectivity index (χ4v) is 5.62.